The first-order valence-corrected chi connectivity index (χ1v) is 12.2. The van der Waals surface area contributed by atoms with Gasteiger partial charge in [-0.2, -0.15) is 0 Å². The number of nitrogens with zero attached hydrogens (tertiary/aromatic N) is 3. The van der Waals surface area contributed by atoms with Gasteiger partial charge in [-0.1, -0.05) is 46.7 Å². The summed E-state index contributed by atoms with van der Waals surface area (Å²) in [6.45, 7) is 2.41. The van der Waals surface area contributed by atoms with Gasteiger partial charge in [-0.15, -0.1) is 11.8 Å². The average molecular weight is 488 g/mol. The fourth-order valence-electron chi connectivity index (χ4n) is 3.06. The van der Waals surface area contributed by atoms with Crippen molar-refractivity contribution in [3.05, 3.63) is 82.1 Å². The van der Waals surface area contributed by atoms with Crippen molar-refractivity contribution in [1.29, 1.82) is 0 Å². The van der Waals surface area contributed by atoms with Crippen LogP contribution in [0.4, 0.5) is 5.13 Å². The fraction of sp³-hybridized carbons (Fsp3) is 0.174. The Morgan fingerprint density at radius 2 is 1.94 bits per heavy atom. The number of hydrogen-bond acceptors (Lipinski definition) is 5. The van der Waals surface area contributed by atoms with Crippen LogP contribution in [0.25, 0.3) is 10.2 Å². The fourth-order valence-corrected chi connectivity index (χ4v) is 5.36. The lowest BCUT2D eigenvalue weighted by atomic mass is 10.2. The van der Waals surface area contributed by atoms with Crippen LogP contribution in [0.5, 0.6) is 0 Å². The Labute approximate surface area is 199 Å². The normalized spacial score (nSPS) is 11.1. The molecule has 2 heterocycles. The van der Waals surface area contributed by atoms with Crippen LogP contribution in [0, 0.1) is 6.92 Å². The second kappa shape index (κ2) is 10.0. The van der Waals surface area contributed by atoms with E-state index in [1.54, 1.807) is 29.1 Å². The van der Waals surface area contributed by atoms with Crippen LogP contribution in [0.1, 0.15) is 17.5 Å². The number of rotatable bonds is 7. The second-order valence-corrected chi connectivity index (χ2v) is 9.92. The zero-order chi connectivity index (χ0) is 21.8. The van der Waals surface area contributed by atoms with Gasteiger partial charge in [-0.3, -0.25) is 14.7 Å². The number of thioether (sulfide) groups is 1. The first-order valence-electron chi connectivity index (χ1n) is 9.64. The van der Waals surface area contributed by atoms with Gasteiger partial charge in [0.2, 0.25) is 5.91 Å². The molecule has 0 bridgehead atoms. The monoisotopic (exact) mass is 487 g/mol. The summed E-state index contributed by atoms with van der Waals surface area (Å²) in [5, 5.41) is 2.00. The molecule has 0 unspecified atom stereocenters. The highest BCUT2D eigenvalue weighted by Crippen LogP contribution is 2.36. The third-order valence-electron chi connectivity index (χ3n) is 4.68. The summed E-state index contributed by atoms with van der Waals surface area (Å²) in [6, 6.07) is 15.3. The van der Waals surface area contributed by atoms with Crippen LogP contribution in [0.3, 0.4) is 0 Å². The van der Waals surface area contributed by atoms with E-state index in [4.69, 9.17) is 28.2 Å². The first kappa shape index (κ1) is 22.1. The number of halogens is 2. The predicted molar refractivity (Wildman–Crippen MR) is 132 cm³/mol. The molecule has 0 aliphatic heterocycles. The lowest BCUT2D eigenvalue weighted by Gasteiger charge is -2.20. The number of benzene rings is 2. The average Bonchev–Trinajstić information content (AvgIpc) is 3.23. The molecule has 0 aliphatic carbocycles. The van der Waals surface area contributed by atoms with Crippen molar-refractivity contribution in [3.8, 4) is 0 Å². The molecule has 0 saturated carbocycles. The molecule has 0 saturated heterocycles. The molecule has 0 atom stereocenters. The minimum atomic E-state index is 0.0122. The molecule has 0 fully saturated rings. The van der Waals surface area contributed by atoms with Gasteiger partial charge in [-0.25, -0.2) is 4.98 Å². The van der Waals surface area contributed by atoms with Crippen molar-refractivity contribution in [2.24, 2.45) is 0 Å². The van der Waals surface area contributed by atoms with E-state index in [2.05, 4.69) is 4.98 Å². The number of fused-ring (bicyclic) bond motifs is 1. The van der Waals surface area contributed by atoms with E-state index in [0.29, 0.717) is 33.9 Å². The summed E-state index contributed by atoms with van der Waals surface area (Å²) in [4.78, 5) is 25.0. The number of aromatic nitrogens is 2. The summed E-state index contributed by atoms with van der Waals surface area (Å²) < 4.78 is 0.899. The Kier molecular flexibility index (Phi) is 7.13. The number of thiazole rings is 1. The summed E-state index contributed by atoms with van der Waals surface area (Å²) in [5.41, 5.74) is 2.82. The van der Waals surface area contributed by atoms with Gasteiger partial charge in [0.05, 0.1) is 21.8 Å². The maximum Gasteiger partial charge on any atom is 0.229 e. The van der Waals surface area contributed by atoms with Crippen LogP contribution in [-0.4, -0.2) is 21.6 Å². The maximum absolute atomic E-state index is 13.2. The molecule has 0 N–H and O–H groups in total. The molecule has 158 valence electrons. The number of amides is 1. The highest BCUT2D eigenvalue weighted by atomic mass is 35.5. The standard InChI is InChI=1S/C23H19Cl2N3OS2/c1-15-4-9-19(25)22-21(15)27-23(31-22)28(14-16-3-2-11-26-13-16)20(29)10-12-30-18-7-5-17(24)6-8-18/h2-9,11,13H,10,12,14H2,1H3. The second-order valence-electron chi connectivity index (χ2n) is 6.93. The van der Waals surface area contributed by atoms with Gasteiger partial charge in [0.1, 0.15) is 0 Å². The molecule has 0 radical (unpaired) electrons. The number of carbonyl (C=O) groups is 1. The smallest absolute Gasteiger partial charge is 0.229 e. The number of pyridine rings is 1. The van der Waals surface area contributed by atoms with Crippen molar-refractivity contribution in [2.75, 3.05) is 10.7 Å². The van der Waals surface area contributed by atoms with Crippen molar-refractivity contribution >= 4 is 67.6 Å². The predicted octanol–water partition coefficient (Wildman–Crippen LogP) is 7.02. The van der Waals surface area contributed by atoms with Gasteiger partial charge in [0.15, 0.2) is 5.13 Å². The molecule has 0 spiro atoms. The van der Waals surface area contributed by atoms with E-state index in [0.717, 1.165) is 26.2 Å². The number of carbonyl (C=O) groups excluding carboxylic acids is 1. The molecule has 2 aromatic carbocycles. The Morgan fingerprint density at radius 3 is 2.65 bits per heavy atom. The van der Waals surface area contributed by atoms with Crippen molar-refractivity contribution < 1.29 is 4.79 Å². The van der Waals surface area contributed by atoms with Crippen LogP contribution >= 0.6 is 46.3 Å². The largest absolute Gasteiger partial charge is 0.284 e. The molecule has 1 amide bonds. The van der Waals surface area contributed by atoms with E-state index >= 15 is 0 Å². The molecular weight excluding hydrogens is 469 g/mol. The van der Waals surface area contributed by atoms with Crippen molar-refractivity contribution in [1.82, 2.24) is 9.97 Å². The van der Waals surface area contributed by atoms with E-state index in [1.165, 1.54) is 11.3 Å². The topological polar surface area (TPSA) is 46.1 Å². The van der Waals surface area contributed by atoms with E-state index in [-0.39, 0.29) is 5.91 Å². The molecular formula is C23H19Cl2N3OS2. The van der Waals surface area contributed by atoms with Crippen LogP contribution in [-0.2, 0) is 11.3 Å². The minimum Gasteiger partial charge on any atom is -0.284 e. The Hall–Kier alpha value is -2.12. The SMILES string of the molecule is Cc1ccc(Cl)c2sc(N(Cc3cccnc3)C(=O)CCSc3ccc(Cl)cc3)nc12. The van der Waals surface area contributed by atoms with E-state index in [9.17, 15) is 4.79 Å². The Balaban J connectivity index is 1.56. The molecule has 4 aromatic rings. The van der Waals surface area contributed by atoms with Crippen LogP contribution in [0.15, 0.2) is 65.8 Å². The van der Waals surface area contributed by atoms with E-state index < -0.39 is 0 Å². The zero-order valence-electron chi connectivity index (χ0n) is 16.7. The summed E-state index contributed by atoms with van der Waals surface area (Å²) in [5.74, 6) is 0.674. The quantitative estimate of drug-likeness (QED) is 0.262. The van der Waals surface area contributed by atoms with Crippen molar-refractivity contribution in [3.63, 3.8) is 0 Å². The number of aryl methyl sites for hydroxylation is 1. The highest BCUT2D eigenvalue weighted by molar-refractivity contribution is 7.99. The maximum atomic E-state index is 13.2. The van der Waals surface area contributed by atoms with Crippen molar-refractivity contribution in [2.45, 2.75) is 24.8 Å². The summed E-state index contributed by atoms with van der Waals surface area (Å²) in [7, 11) is 0. The number of anilines is 1. The highest BCUT2D eigenvalue weighted by Gasteiger charge is 2.21. The first-order chi connectivity index (χ1) is 15.0. The lowest BCUT2D eigenvalue weighted by Crippen LogP contribution is -2.30. The van der Waals surface area contributed by atoms with Gasteiger partial charge in [-0.05, 0) is 54.4 Å². The third kappa shape index (κ3) is 5.39. The molecule has 0 aliphatic rings. The molecule has 8 heteroatoms. The Morgan fingerprint density at radius 1 is 1.13 bits per heavy atom. The minimum absolute atomic E-state index is 0.0122. The number of hydrogen-bond donors (Lipinski definition) is 0. The van der Waals surface area contributed by atoms with E-state index in [1.807, 2.05) is 55.5 Å². The molecule has 31 heavy (non-hydrogen) atoms. The Bertz CT molecular complexity index is 1160. The van der Waals surface area contributed by atoms with Gasteiger partial charge in [0, 0.05) is 34.5 Å². The zero-order valence-corrected chi connectivity index (χ0v) is 19.9. The van der Waals surface area contributed by atoms with Crippen LogP contribution < -0.4 is 4.90 Å². The van der Waals surface area contributed by atoms with Crippen LogP contribution in [0.2, 0.25) is 10.0 Å². The third-order valence-corrected chi connectivity index (χ3v) is 7.48. The summed E-state index contributed by atoms with van der Waals surface area (Å²) in [6.07, 6.45) is 3.88. The molecule has 4 nitrogen and oxygen atoms in total. The van der Waals surface area contributed by atoms with Gasteiger partial charge in [0.25, 0.3) is 0 Å². The van der Waals surface area contributed by atoms with Gasteiger partial charge >= 0.3 is 0 Å². The summed E-state index contributed by atoms with van der Waals surface area (Å²) >= 11 is 15.4. The molecule has 4 rings (SSSR count). The molecule has 2 aromatic heterocycles. The lowest BCUT2D eigenvalue weighted by molar-refractivity contribution is -0.118. The van der Waals surface area contributed by atoms with Gasteiger partial charge < -0.3 is 0 Å².